The molecule has 0 unspecified atom stereocenters. The van der Waals surface area contributed by atoms with Crippen LogP contribution in [0.3, 0.4) is 0 Å². The number of piperidine rings is 1. The third-order valence-corrected chi connectivity index (χ3v) is 6.79. The van der Waals surface area contributed by atoms with E-state index in [2.05, 4.69) is 61.6 Å². The third kappa shape index (κ3) is 2.82. The molecule has 4 heterocycles. The van der Waals surface area contributed by atoms with Crippen molar-refractivity contribution in [1.29, 1.82) is 5.26 Å². The fraction of sp³-hybridized carbons (Fsp3) is 0.240. The van der Waals surface area contributed by atoms with Crippen molar-refractivity contribution >= 4 is 22.5 Å². The highest BCUT2D eigenvalue weighted by molar-refractivity contribution is 5.91. The second-order valence-corrected chi connectivity index (χ2v) is 8.48. The Morgan fingerprint density at radius 2 is 1.87 bits per heavy atom. The number of nitrogens with one attached hydrogen (secondary N) is 2. The molecular formula is C25H22N6. The molecule has 0 radical (unpaired) electrons. The summed E-state index contributed by atoms with van der Waals surface area (Å²) in [5.41, 5.74) is 6.50. The molecule has 1 fully saturated rings. The summed E-state index contributed by atoms with van der Waals surface area (Å²) in [4.78, 5) is 14.6. The molecule has 0 amide bonds. The summed E-state index contributed by atoms with van der Waals surface area (Å²) >= 11 is 0. The normalized spacial score (nSPS) is 17.1. The van der Waals surface area contributed by atoms with E-state index in [0.29, 0.717) is 5.56 Å². The van der Waals surface area contributed by atoms with Crippen LogP contribution < -0.4 is 10.2 Å². The van der Waals surface area contributed by atoms with Crippen LogP contribution in [0.25, 0.3) is 22.2 Å². The Bertz CT molecular complexity index is 1330. The number of anilines is 2. The SMILES string of the molecule is N#Cc1cccc(-c2ccc3c(c2)C2(CCNCC2)CN3c2ncnc3[nH]ccc23)c1. The van der Waals surface area contributed by atoms with Gasteiger partial charge in [0.05, 0.1) is 17.0 Å². The largest absolute Gasteiger partial charge is 0.346 e. The Hall–Kier alpha value is -3.69. The lowest BCUT2D eigenvalue weighted by Gasteiger charge is -2.35. The number of hydrogen-bond acceptors (Lipinski definition) is 5. The minimum Gasteiger partial charge on any atom is -0.346 e. The van der Waals surface area contributed by atoms with Crippen LogP contribution in [0, 0.1) is 11.3 Å². The van der Waals surface area contributed by atoms with Gasteiger partial charge in [-0.25, -0.2) is 9.97 Å². The summed E-state index contributed by atoms with van der Waals surface area (Å²) < 4.78 is 0. The van der Waals surface area contributed by atoms with E-state index >= 15 is 0 Å². The van der Waals surface area contributed by atoms with E-state index < -0.39 is 0 Å². The molecule has 2 N–H and O–H groups in total. The molecule has 0 saturated carbocycles. The fourth-order valence-corrected chi connectivity index (χ4v) is 5.21. The number of hydrogen-bond donors (Lipinski definition) is 2. The molecule has 6 heteroatoms. The summed E-state index contributed by atoms with van der Waals surface area (Å²) in [5, 5.41) is 13.9. The van der Waals surface area contributed by atoms with Crippen molar-refractivity contribution in [3.63, 3.8) is 0 Å². The number of aromatic amines is 1. The summed E-state index contributed by atoms with van der Waals surface area (Å²) in [7, 11) is 0. The average Bonchev–Trinajstić information content (AvgIpc) is 3.43. The number of fused-ring (bicyclic) bond motifs is 3. The van der Waals surface area contributed by atoms with Gasteiger partial charge in [0, 0.05) is 23.8 Å². The number of benzene rings is 2. The van der Waals surface area contributed by atoms with Crippen molar-refractivity contribution < 1.29 is 0 Å². The Morgan fingerprint density at radius 3 is 2.74 bits per heavy atom. The summed E-state index contributed by atoms with van der Waals surface area (Å²) in [6, 6.07) is 18.9. The monoisotopic (exact) mass is 406 g/mol. The molecule has 0 atom stereocenters. The van der Waals surface area contributed by atoms with Gasteiger partial charge in [0.1, 0.15) is 17.8 Å². The molecule has 0 bridgehead atoms. The smallest absolute Gasteiger partial charge is 0.145 e. The quantitative estimate of drug-likeness (QED) is 0.520. The molecule has 1 saturated heterocycles. The molecule has 6 nitrogen and oxygen atoms in total. The first-order valence-electron chi connectivity index (χ1n) is 10.7. The van der Waals surface area contributed by atoms with Crippen LogP contribution in [-0.4, -0.2) is 34.6 Å². The fourth-order valence-electron chi connectivity index (χ4n) is 5.21. The molecule has 0 aliphatic carbocycles. The first-order valence-corrected chi connectivity index (χ1v) is 10.7. The molecule has 2 aliphatic rings. The van der Waals surface area contributed by atoms with Crippen molar-refractivity contribution in [3.8, 4) is 17.2 Å². The summed E-state index contributed by atoms with van der Waals surface area (Å²) in [6.45, 7) is 2.96. The predicted octanol–water partition coefficient (Wildman–Crippen LogP) is 4.27. The lowest BCUT2D eigenvalue weighted by molar-refractivity contribution is 0.329. The number of H-pyrrole nitrogens is 1. The Balaban J connectivity index is 1.52. The molecular weight excluding hydrogens is 384 g/mol. The highest BCUT2D eigenvalue weighted by atomic mass is 15.2. The maximum atomic E-state index is 9.31. The highest BCUT2D eigenvalue weighted by Crippen LogP contribution is 2.50. The minimum atomic E-state index is 0.0943. The molecule has 2 aromatic heterocycles. The molecule has 6 rings (SSSR count). The number of nitriles is 1. The molecule has 152 valence electrons. The van der Waals surface area contributed by atoms with Gasteiger partial charge < -0.3 is 15.2 Å². The number of aromatic nitrogens is 3. The van der Waals surface area contributed by atoms with E-state index in [9.17, 15) is 5.26 Å². The Labute approximate surface area is 180 Å². The van der Waals surface area contributed by atoms with Gasteiger partial charge in [-0.15, -0.1) is 0 Å². The lowest BCUT2D eigenvalue weighted by atomic mass is 9.74. The van der Waals surface area contributed by atoms with Gasteiger partial charge in [0.25, 0.3) is 0 Å². The predicted molar refractivity (Wildman–Crippen MR) is 121 cm³/mol. The van der Waals surface area contributed by atoms with E-state index in [0.717, 1.165) is 60.5 Å². The molecule has 2 aromatic carbocycles. The van der Waals surface area contributed by atoms with Gasteiger partial charge in [-0.2, -0.15) is 5.26 Å². The van der Waals surface area contributed by atoms with Crippen molar-refractivity contribution in [2.45, 2.75) is 18.3 Å². The van der Waals surface area contributed by atoms with E-state index in [1.54, 1.807) is 6.33 Å². The van der Waals surface area contributed by atoms with Gasteiger partial charge in [-0.05, 0) is 73.0 Å². The minimum absolute atomic E-state index is 0.0943. The number of rotatable bonds is 2. The second kappa shape index (κ2) is 6.93. The standard InChI is InChI=1S/C25H22N6/c26-14-17-2-1-3-18(12-17)19-4-5-22-21(13-19)25(7-10-27-11-8-25)15-31(22)24-20-6-9-28-23(20)29-16-30-24/h1-6,9,12-13,16,27H,7-8,10-11,15H2,(H,28,29,30). The van der Waals surface area contributed by atoms with Gasteiger partial charge >= 0.3 is 0 Å². The molecule has 4 aromatic rings. The van der Waals surface area contributed by atoms with Crippen LogP contribution in [0.2, 0.25) is 0 Å². The summed E-state index contributed by atoms with van der Waals surface area (Å²) in [6.07, 6.45) is 5.76. The Kier molecular flexibility index (Phi) is 4.05. The van der Waals surface area contributed by atoms with Crippen LogP contribution in [0.4, 0.5) is 11.5 Å². The van der Waals surface area contributed by atoms with Gasteiger partial charge in [-0.1, -0.05) is 18.2 Å². The molecule has 2 aliphatic heterocycles. The highest BCUT2D eigenvalue weighted by Gasteiger charge is 2.44. The topological polar surface area (TPSA) is 80.6 Å². The van der Waals surface area contributed by atoms with Crippen LogP contribution in [0.5, 0.6) is 0 Å². The van der Waals surface area contributed by atoms with Crippen LogP contribution in [-0.2, 0) is 5.41 Å². The maximum Gasteiger partial charge on any atom is 0.145 e. The van der Waals surface area contributed by atoms with Crippen LogP contribution in [0.15, 0.2) is 61.1 Å². The molecule has 31 heavy (non-hydrogen) atoms. The van der Waals surface area contributed by atoms with Crippen molar-refractivity contribution in [2.75, 3.05) is 24.5 Å². The zero-order valence-corrected chi connectivity index (χ0v) is 17.1. The summed E-state index contributed by atoms with van der Waals surface area (Å²) in [5.74, 6) is 0.960. The zero-order chi connectivity index (χ0) is 20.8. The van der Waals surface area contributed by atoms with E-state index in [4.69, 9.17) is 0 Å². The van der Waals surface area contributed by atoms with Crippen LogP contribution >= 0.6 is 0 Å². The van der Waals surface area contributed by atoms with Gasteiger partial charge in [-0.3, -0.25) is 0 Å². The molecule has 1 spiro atoms. The maximum absolute atomic E-state index is 9.31. The first kappa shape index (κ1) is 18.1. The van der Waals surface area contributed by atoms with E-state index in [-0.39, 0.29) is 5.41 Å². The van der Waals surface area contributed by atoms with E-state index in [1.807, 2.05) is 24.4 Å². The first-order chi connectivity index (χ1) is 15.3. The third-order valence-electron chi connectivity index (χ3n) is 6.79. The van der Waals surface area contributed by atoms with Crippen molar-refractivity contribution in [2.24, 2.45) is 0 Å². The second-order valence-electron chi connectivity index (χ2n) is 8.48. The lowest BCUT2D eigenvalue weighted by Crippen LogP contribution is -2.42. The average molecular weight is 406 g/mol. The zero-order valence-electron chi connectivity index (χ0n) is 17.1. The Morgan fingerprint density at radius 1 is 1.00 bits per heavy atom. The van der Waals surface area contributed by atoms with Crippen LogP contribution in [0.1, 0.15) is 24.0 Å². The number of nitrogens with zero attached hydrogens (tertiary/aromatic N) is 4. The van der Waals surface area contributed by atoms with Crippen molar-refractivity contribution in [3.05, 3.63) is 72.2 Å². The van der Waals surface area contributed by atoms with Crippen molar-refractivity contribution in [1.82, 2.24) is 20.3 Å². The van der Waals surface area contributed by atoms with Gasteiger partial charge in [0.2, 0.25) is 0 Å². The van der Waals surface area contributed by atoms with E-state index in [1.165, 1.54) is 11.3 Å². The van der Waals surface area contributed by atoms with Gasteiger partial charge in [0.15, 0.2) is 0 Å².